The van der Waals surface area contributed by atoms with Gasteiger partial charge in [0, 0.05) is 24.3 Å². The third-order valence-corrected chi connectivity index (χ3v) is 5.00. The number of hydrogen-bond donors (Lipinski definition) is 2. The molecule has 0 unspecified atom stereocenters. The average molecular weight is 359 g/mol. The highest BCUT2D eigenvalue weighted by Gasteiger charge is 2.42. The SMILES string of the molecule is CCOC(=O)C1(NC(=O)c2cccc(N3CCNC3=O)c2)CCCCC1. The molecular formula is C19H25N3O4. The maximum absolute atomic E-state index is 12.8. The van der Waals surface area contributed by atoms with Crippen molar-refractivity contribution in [2.45, 2.75) is 44.6 Å². The largest absolute Gasteiger partial charge is 0.464 e. The Bertz CT molecular complexity index is 698. The van der Waals surface area contributed by atoms with Crippen molar-refractivity contribution in [3.8, 4) is 0 Å². The van der Waals surface area contributed by atoms with Crippen molar-refractivity contribution in [3.05, 3.63) is 29.8 Å². The van der Waals surface area contributed by atoms with E-state index in [1.165, 1.54) is 0 Å². The van der Waals surface area contributed by atoms with Crippen LogP contribution in [-0.4, -0.2) is 43.1 Å². The second kappa shape index (κ2) is 7.76. The second-order valence-electron chi connectivity index (χ2n) is 6.75. The number of hydrogen-bond acceptors (Lipinski definition) is 4. The number of urea groups is 1. The molecule has 1 saturated heterocycles. The van der Waals surface area contributed by atoms with Crippen LogP contribution >= 0.6 is 0 Å². The summed E-state index contributed by atoms with van der Waals surface area (Å²) in [6, 6.07) is 6.74. The van der Waals surface area contributed by atoms with Crippen LogP contribution in [0.2, 0.25) is 0 Å². The zero-order valence-corrected chi connectivity index (χ0v) is 15.0. The quantitative estimate of drug-likeness (QED) is 0.789. The highest BCUT2D eigenvalue weighted by Crippen LogP contribution is 2.30. The first kappa shape index (κ1) is 18.2. The lowest BCUT2D eigenvalue weighted by molar-refractivity contribution is -0.152. The summed E-state index contributed by atoms with van der Waals surface area (Å²) in [4.78, 5) is 38.8. The molecule has 0 atom stereocenters. The van der Waals surface area contributed by atoms with Crippen LogP contribution in [0.25, 0.3) is 0 Å². The van der Waals surface area contributed by atoms with Crippen LogP contribution in [0.4, 0.5) is 10.5 Å². The zero-order valence-electron chi connectivity index (χ0n) is 15.0. The lowest BCUT2D eigenvalue weighted by Gasteiger charge is -2.35. The van der Waals surface area contributed by atoms with Gasteiger partial charge in [-0.2, -0.15) is 0 Å². The molecule has 3 amide bonds. The van der Waals surface area contributed by atoms with Crippen molar-refractivity contribution < 1.29 is 19.1 Å². The van der Waals surface area contributed by atoms with Crippen molar-refractivity contribution in [3.63, 3.8) is 0 Å². The van der Waals surface area contributed by atoms with Gasteiger partial charge < -0.3 is 15.4 Å². The molecule has 1 aliphatic heterocycles. The summed E-state index contributed by atoms with van der Waals surface area (Å²) in [5.74, 6) is -0.676. The first-order valence-corrected chi connectivity index (χ1v) is 9.21. The average Bonchev–Trinajstić information content (AvgIpc) is 3.09. The van der Waals surface area contributed by atoms with Gasteiger partial charge in [-0.15, -0.1) is 0 Å². The summed E-state index contributed by atoms with van der Waals surface area (Å²) in [5, 5.41) is 5.67. The van der Waals surface area contributed by atoms with Gasteiger partial charge in [0.2, 0.25) is 0 Å². The van der Waals surface area contributed by atoms with Crippen molar-refractivity contribution in [2.24, 2.45) is 0 Å². The van der Waals surface area contributed by atoms with E-state index >= 15 is 0 Å². The maximum atomic E-state index is 12.8. The zero-order chi connectivity index (χ0) is 18.6. The number of anilines is 1. The van der Waals surface area contributed by atoms with Gasteiger partial charge in [0.15, 0.2) is 0 Å². The van der Waals surface area contributed by atoms with E-state index < -0.39 is 5.54 Å². The van der Waals surface area contributed by atoms with Gasteiger partial charge in [0.25, 0.3) is 5.91 Å². The third kappa shape index (κ3) is 3.66. The molecular weight excluding hydrogens is 334 g/mol. The normalized spacial score (nSPS) is 19.0. The van der Waals surface area contributed by atoms with Crippen LogP contribution in [0.5, 0.6) is 0 Å². The fraction of sp³-hybridized carbons (Fsp3) is 0.526. The Kier molecular flexibility index (Phi) is 5.44. The van der Waals surface area contributed by atoms with E-state index in [9.17, 15) is 14.4 Å². The predicted molar refractivity (Wildman–Crippen MR) is 97.1 cm³/mol. The van der Waals surface area contributed by atoms with Crippen LogP contribution in [0.3, 0.4) is 0 Å². The minimum Gasteiger partial charge on any atom is -0.464 e. The molecule has 0 aromatic heterocycles. The highest BCUT2D eigenvalue weighted by molar-refractivity contribution is 6.00. The van der Waals surface area contributed by atoms with Gasteiger partial charge >= 0.3 is 12.0 Å². The van der Waals surface area contributed by atoms with Gasteiger partial charge in [-0.05, 0) is 38.0 Å². The van der Waals surface area contributed by atoms with Crippen molar-refractivity contribution in [2.75, 3.05) is 24.6 Å². The van der Waals surface area contributed by atoms with Crippen molar-refractivity contribution >= 4 is 23.6 Å². The van der Waals surface area contributed by atoms with Crippen LogP contribution < -0.4 is 15.5 Å². The predicted octanol–water partition coefficient (Wildman–Crippen LogP) is 2.21. The standard InChI is InChI=1S/C19H25N3O4/c1-2-26-17(24)19(9-4-3-5-10-19)21-16(23)14-7-6-8-15(13-14)22-12-11-20-18(22)25/h6-8,13H,2-5,9-12H2,1H3,(H,20,25)(H,21,23). The Morgan fingerprint density at radius 1 is 1.27 bits per heavy atom. The molecule has 2 aliphatic rings. The molecule has 0 spiro atoms. The van der Waals surface area contributed by atoms with E-state index in [1.54, 1.807) is 36.1 Å². The molecule has 0 radical (unpaired) electrons. The summed E-state index contributed by atoms with van der Waals surface area (Å²) < 4.78 is 5.23. The third-order valence-electron chi connectivity index (χ3n) is 5.00. The van der Waals surface area contributed by atoms with Gasteiger partial charge in [0.1, 0.15) is 5.54 Å². The second-order valence-corrected chi connectivity index (χ2v) is 6.75. The Balaban J connectivity index is 1.79. The first-order chi connectivity index (χ1) is 12.6. The maximum Gasteiger partial charge on any atom is 0.331 e. The minimum atomic E-state index is -0.952. The van der Waals surface area contributed by atoms with Crippen LogP contribution in [0, 0.1) is 0 Å². The number of amides is 3. The van der Waals surface area contributed by atoms with Gasteiger partial charge in [0.05, 0.1) is 6.61 Å². The van der Waals surface area contributed by atoms with E-state index in [0.717, 1.165) is 19.3 Å². The molecule has 140 valence electrons. The fourth-order valence-corrected chi connectivity index (χ4v) is 3.63. The number of nitrogens with one attached hydrogen (secondary N) is 2. The summed E-state index contributed by atoms with van der Waals surface area (Å²) in [5.41, 5.74) is 0.143. The Morgan fingerprint density at radius 2 is 2.04 bits per heavy atom. The molecule has 7 heteroatoms. The lowest BCUT2D eigenvalue weighted by atomic mass is 9.81. The molecule has 1 aliphatic carbocycles. The summed E-state index contributed by atoms with van der Waals surface area (Å²) >= 11 is 0. The van der Waals surface area contributed by atoms with Crippen molar-refractivity contribution in [1.29, 1.82) is 0 Å². The molecule has 26 heavy (non-hydrogen) atoms. The van der Waals surface area contributed by atoms with Crippen molar-refractivity contribution in [1.82, 2.24) is 10.6 Å². The smallest absolute Gasteiger partial charge is 0.331 e. The first-order valence-electron chi connectivity index (χ1n) is 9.21. The van der Waals surface area contributed by atoms with E-state index in [-0.39, 0.29) is 24.5 Å². The van der Waals surface area contributed by atoms with Crippen LogP contribution in [-0.2, 0) is 9.53 Å². The van der Waals surface area contributed by atoms with Crippen LogP contribution in [0.1, 0.15) is 49.4 Å². The molecule has 1 aromatic rings. The Labute approximate surface area is 153 Å². The van der Waals surface area contributed by atoms with Gasteiger partial charge in [-0.3, -0.25) is 9.69 Å². The molecule has 2 fully saturated rings. The summed E-state index contributed by atoms with van der Waals surface area (Å²) in [6.07, 6.45) is 3.99. The monoisotopic (exact) mass is 359 g/mol. The fourth-order valence-electron chi connectivity index (χ4n) is 3.63. The number of esters is 1. The lowest BCUT2D eigenvalue weighted by Crippen LogP contribution is -2.56. The minimum absolute atomic E-state index is 0.169. The van der Waals surface area contributed by atoms with E-state index in [2.05, 4.69) is 10.6 Å². The molecule has 1 saturated carbocycles. The Morgan fingerprint density at radius 3 is 2.69 bits per heavy atom. The highest BCUT2D eigenvalue weighted by atomic mass is 16.5. The van der Waals surface area contributed by atoms with E-state index in [1.807, 2.05) is 0 Å². The number of rotatable bonds is 5. The van der Waals surface area contributed by atoms with Crippen LogP contribution in [0.15, 0.2) is 24.3 Å². The number of nitrogens with zero attached hydrogens (tertiary/aromatic N) is 1. The Hall–Kier alpha value is -2.57. The molecule has 2 N–H and O–H groups in total. The summed E-state index contributed by atoms with van der Waals surface area (Å²) in [7, 11) is 0. The van der Waals surface area contributed by atoms with E-state index in [0.29, 0.717) is 37.2 Å². The number of ether oxygens (including phenoxy) is 1. The molecule has 1 heterocycles. The van der Waals surface area contributed by atoms with Gasteiger partial charge in [-0.25, -0.2) is 9.59 Å². The number of carbonyl (C=O) groups is 3. The molecule has 0 bridgehead atoms. The topological polar surface area (TPSA) is 87.7 Å². The number of benzene rings is 1. The molecule has 3 rings (SSSR count). The summed E-state index contributed by atoms with van der Waals surface area (Å²) in [6.45, 7) is 3.20. The molecule has 7 nitrogen and oxygen atoms in total. The van der Waals surface area contributed by atoms with Gasteiger partial charge in [-0.1, -0.05) is 25.3 Å². The number of carbonyl (C=O) groups excluding carboxylic acids is 3. The molecule has 1 aromatic carbocycles. The van der Waals surface area contributed by atoms with E-state index in [4.69, 9.17) is 4.74 Å².